The Balaban J connectivity index is 3.28. The molecule has 0 radical (unpaired) electrons. The molecule has 0 aliphatic heterocycles. The second-order valence-electron chi connectivity index (χ2n) is 2.71. The van der Waals surface area contributed by atoms with Gasteiger partial charge in [-0.25, -0.2) is 0 Å². The third kappa shape index (κ3) is 7.54. The molecule has 0 rings (SSSR count). The maximum atomic E-state index is 10.9. The fourth-order valence-electron chi connectivity index (χ4n) is 0.863. The van der Waals surface area contributed by atoms with Crippen molar-refractivity contribution in [2.24, 2.45) is 0 Å². The fourth-order valence-corrected chi connectivity index (χ4v) is 0.863. The van der Waals surface area contributed by atoms with E-state index in [1.54, 1.807) is 0 Å². The van der Waals surface area contributed by atoms with Crippen LogP contribution in [-0.4, -0.2) is 38.1 Å². The van der Waals surface area contributed by atoms with Crippen molar-refractivity contribution in [3.63, 3.8) is 0 Å². The van der Waals surface area contributed by atoms with Gasteiger partial charge in [0.2, 0.25) is 11.8 Å². The minimum Gasteiger partial charge on any atom is -0.371 e. The third-order valence-corrected chi connectivity index (χ3v) is 1.45. The van der Waals surface area contributed by atoms with Crippen LogP contribution in [0.25, 0.3) is 0 Å². The minimum absolute atomic E-state index is 0.0211. The van der Waals surface area contributed by atoms with Crippen LogP contribution in [-0.2, 0) is 14.3 Å². The lowest BCUT2D eigenvalue weighted by atomic mass is 10.4. The van der Waals surface area contributed by atoms with Crippen LogP contribution in [0.15, 0.2) is 0 Å². The molecule has 0 spiro atoms. The molecule has 0 heterocycles. The summed E-state index contributed by atoms with van der Waals surface area (Å²) in [7, 11) is 0. The van der Waals surface area contributed by atoms with Gasteiger partial charge in [0.25, 0.3) is 0 Å². The first-order valence-electron chi connectivity index (χ1n) is 4.81. The summed E-state index contributed by atoms with van der Waals surface area (Å²) in [5.74, 6) is -0.202. The summed E-state index contributed by atoms with van der Waals surface area (Å²) in [6.07, 6.45) is 0.299. The fraction of sp³-hybridized carbons (Fsp3) is 0.778. The molecule has 5 heteroatoms. The molecule has 0 bridgehead atoms. The highest BCUT2D eigenvalue weighted by atomic mass is 16.5. The highest BCUT2D eigenvalue weighted by Crippen LogP contribution is 1.83. The minimum atomic E-state index is -0.150. The molecule has 5 nitrogen and oxygen atoms in total. The van der Waals surface area contributed by atoms with Crippen LogP contribution in [0.4, 0.5) is 0 Å². The highest BCUT2D eigenvalue weighted by molar-refractivity contribution is 5.77. The first kappa shape index (κ1) is 12.9. The smallest absolute Gasteiger partial charge is 0.245 e. The normalized spacial score (nSPS) is 9.57. The zero-order valence-electron chi connectivity index (χ0n) is 8.76. The zero-order chi connectivity index (χ0) is 10.8. The van der Waals surface area contributed by atoms with E-state index in [4.69, 9.17) is 4.74 Å². The summed E-state index contributed by atoms with van der Waals surface area (Å²) in [4.78, 5) is 21.8. The van der Waals surface area contributed by atoms with E-state index in [2.05, 4.69) is 10.6 Å². The van der Waals surface area contributed by atoms with Gasteiger partial charge in [-0.15, -0.1) is 0 Å². The standard InChI is InChI=1S/C9H18N2O3/c1-3-10-8(12)5-6-14-7-9(13)11-4-2/h3-7H2,1-2H3,(H,10,12)(H,11,13). The molecule has 2 N–H and O–H groups in total. The van der Waals surface area contributed by atoms with Crippen LogP contribution < -0.4 is 10.6 Å². The summed E-state index contributed by atoms with van der Waals surface area (Å²) in [5.41, 5.74) is 0. The van der Waals surface area contributed by atoms with E-state index < -0.39 is 0 Å². The zero-order valence-corrected chi connectivity index (χ0v) is 8.76. The van der Waals surface area contributed by atoms with Crippen LogP contribution >= 0.6 is 0 Å². The van der Waals surface area contributed by atoms with Crippen LogP contribution in [0.1, 0.15) is 20.3 Å². The third-order valence-electron chi connectivity index (χ3n) is 1.45. The molecule has 0 saturated heterocycles. The molecule has 0 saturated carbocycles. The van der Waals surface area contributed by atoms with Gasteiger partial charge < -0.3 is 15.4 Å². The Kier molecular flexibility index (Phi) is 7.83. The predicted octanol–water partition coefficient (Wildman–Crippen LogP) is -0.335. The van der Waals surface area contributed by atoms with Crippen molar-refractivity contribution in [1.29, 1.82) is 0 Å². The van der Waals surface area contributed by atoms with Gasteiger partial charge >= 0.3 is 0 Å². The average molecular weight is 202 g/mol. The molecule has 0 fully saturated rings. The van der Waals surface area contributed by atoms with Crippen molar-refractivity contribution in [3.05, 3.63) is 0 Å². The number of carbonyl (C=O) groups is 2. The maximum Gasteiger partial charge on any atom is 0.245 e. The number of amides is 2. The topological polar surface area (TPSA) is 67.4 Å². The van der Waals surface area contributed by atoms with Crippen molar-refractivity contribution < 1.29 is 14.3 Å². The van der Waals surface area contributed by atoms with Gasteiger partial charge in [-0.2, -0.15) is 0 Å². The number of nitrogens with one attached hydrogen (secondary N) is 2. The molecular weight excluding hydrogens is 184 g/mol. The molecule has 0 aromatic heterocycles. The van der Waals surface area contributed by atoms with Crippen LogP contribution in [0.2, 0.25) is 0 Å². The average Bonchev–Trinajstić information content (AvgIpc) is 2.13. The van der Waals surface area contributed by atoms with Crippen molar-refractivity contribution in [1.82, 2.24) is 10.6 Å². The monoisotopic (exact) mass is 202 g/mol. The summed E-state index contributed by atoms with van der Waals surface area (Å²) >= 11 is 0. The molecule has 0 aromatic carbocycles. The van der Waals surface area contributed by atoms with Crippen molar-refractivity contribution in [2.45, 2.75) is 20.3 Å². The largest absolute Gasteiger partial charge is 0.371 e. The Hall–Kier alpha value is -1.10. The van der Waals surface area contributed by atoms with E-state index >= 15 is 0 Å². The Morgan fingerprint density at radius 3 is 2.21 bits per heavy atom. The summed E-state index contributed by atoms with van der Waals surface area (Å²) < 4.78 is 4.99. The number of hydrogen-bond acceptors (Lipinski definition) is 3. The predicted molar refractivity (Wildman–Crippen MR) is 52.8 cm³/mol. The van der Waals surface area contributed by atoms with Gasteiger partial charge in [-0.05, 0) is 13.8 Å². The van der Waals surface area contributed by atoms with Gasteiger partial charge in [0.1, 0.15) is 6.61 Å². The lowest BCUT2D eigenvalue weighted by Gasteiger charge is -2.04. The van der Waals surface area contributed by atoms with Crippen LogP contribution in [0, 0.1) is 0 Å². The van der Waals surface area contributed by atoms with Gasteiger partial charge in [-0.1, -0.05) is 0 Å². The summed E-state index contributed by atoms with van der Waals surface area (Å²) in [6, 6.07) is 0. The molecule has 0 unspecified atom stereocenters. The number of rotatable bonds is 7. The van der Waals surface area contributed by atoms with E-state index in [1.165, 1.54) is 0 Å². The lowest BCUT2D eigenvalue weighted by molar-refractivity contribution is -0.128. The lowest BCUT2D eigenvalue weighted by Crippen LogP contribution is -2.28. The van der Waals surface area contributed by atoms with E-state index in [0.717, 1.165) is 0 Å². The van der Waals surface area contributed by atoms with Crippen LogP contribution in [0.5, 0.6) is 0 Å². The first-order valence-corrected chi connectivity index (χ1v) is 4.81. The second-order valence-corrected chi connectivity index (χ2v) is 2.71. The summed E-state index contributed by atoms with van der Waals surface area (Å²) in [6.45, 7) is 5.21. The van der Waals surface area contributed by atoms with Crippen molar-refractivity contribution >= 4 is 11.8 Å². The van der Waals surface area contributed by atoms with Gasteiger partial charge in [0.05, 0.1) is 6.61 Å². The van der Waals surface area contributed by atoms with Crippen molar-refractivity contribution in [3.8, 4) is 0 Å². The van der Waals surface area contributed by atoms with E-state index in [9.17, 15) is 9.59 Å². The van der Waals surface area contributed by atoms with E-state index in [0.29, 0.717) is 19.5 Å². The van der Waals surface area contributed by atoms with Gasteiger partial charge in [0, 0.05) is 19.5 Å². The summed E-state index contributed by atoms with van der Waals surface area (Å²) in [5, 5.41) is 5.23. The number of hydrogen-bond donors (Lipinski definition) is 2. The molecular formula is C9H18N2O3. The molecule has 0 aliphatic rings. The second kappa shape index (κ2) is 8.50. The van der Waals surface area contributed by atoms with Gasteiger partial charge in [0.15, 0.2) is 0 Å². The molecule has 0 atom stereocenters. The van der Waals surface area contributed by atoms with Crippen LogP contribution in [0.3, 0.4) is 0 Å². The SMILES string of the molecule is CCNC(=O)CCOCC(=O)NCC. The van der Waals surface area contributed by atoms with E-state index in [1.807, 2.05) is 13.8 Å². The first-order chi connectivity index (χ1) is 6.70. The quantitative estimate of drug-likeness (QED) is 0.555. The molecule has 82 valence electrons. The Labute approximate surface area is 84.2 Å². The molecule has 0 aromatic rings. The highest BCUT2D eigenvalue weighted by Gasteiger charge is 2.01. The maximum absolute atomic E-state index is 10.9. The Morgan fingerprint density at radius 1 is 1.07 bits per heavy atom. The number of carbonyl (C=O) groups excluding carboxylic acids is 2. The Bertz CT molecular complexity index is 163. The van der Waals surface area contributed by atoms with E-state index in [-0.39, 0.29) is 25.0 Å². The van der Waals surface area contributed by atoms with Crippen molar-refractivity contribution in [2.75, 3.05) is 26.3 Å². The number of ether oxygens (including phenoxy) is 1. The molecule has 2 amide bonds. The van der Waals surface area contributed by atoms with Gasteiger partial charge in [-0.3, -0.25) is 9.59 Å². The number of likely N-dealkylation sites (N-methyl/N-ethyl adjacent to an activating group) is 1. The Morgan fingerprint density at radius 2 is 1.64 bits per heavy atom. The molecule has 14 heavy (non-hydrogen) atoms. The molecule has 0 aliphatic carbocycles.